The van der Waals surface area contributed by atoms with Gasteiger partial charge in [0, 0.05) is 6.07 Å². The summed E-state index contributed by atoms with van der Waals surface area (Å²) in [5, 5.41) is -0.387. The Hall–Kier alpha value is -1.29. The molecule has 0 atom stereocenters. The lowest BCUT2D eigenvalue weighted by molar-refractivity contribution is 0.583. The van der Waals surface area contributed by atoms with Gasteiger partial charge in [-0.1, -0.05) is 23.8 Å². The number of hydrogen-bond donors (Lipinski definition) is 2. The highest BCUT2D eigenvalue weighted by Gasteiger charge is 2.21. The van der Waals surface area contributed by atoms with Gasteiger partial charge in [0.05, 0.1) is 9.90 Å². The number of anilines is 1. The van der Waals surface area contributed by atoms with Crippen LogP contribution in [0.15, 0.2) is 28.5 Å². The first-order valence-electron chi connectivity index (χ1n) is 5.27. The van der Waals surface area contributed by atoms with E-state index in [1.807, 2.05) is 4.72 Å². The summed E-state index contributed by atoms with van der Waals surface area (Å²) >= 11 is 11.2. The minimum absolute atomic E-state index is 0.0486. The van der Waals surface area contributed by atoms with Gasteiger partial charge in [0.15, 0.2) is 5.82 Å². The molecule has 0 saturated heterocycles. The van der Waals surface area contributed by atoms with Gasteiger partial charge in [0.2, 0.25) is 0 Å². The average molecular weight is 369 g/mol. The van der Waals surface area contributed by atoms with Crippen molar-refractivity contribution in [1.29, 1.82) is 0 Å². The number of hydrogen-bond acceptors (Lipinski definition) is 4. The first kappa shape index (κ1) is 16.1. The number of sulfonamides is 1. The molecule has 2 rings (SSSR count). The SMILES string of the molecule is NC(=S)c1ccc(S(=O)(=O)Nc2c(F)cc(F)cc2Cl)s1. The van der Waals surface area contributed by atoms with Crippen LogP contribution >= 0.6 is 35.2 Å². The van der Waals surface area contributed by atoms with Crippen LogP contribution in [0.4, 0.5) is 14.5 Å². The van der Waals surface area contributed by atoms with Crippen LogP contribution in [0.5, 0.6) is 0 Å². The summed E-state index contributed by atoms with van der Waals surface area (Å²) in [6.07, 6.45) is 0. The van der Waals surface area contributed by atoms with Crippen LogP contribution in [0.2, 0.25) is 5.02 Å². The molecule has 0 bridgehead atoms. The zero-order valence-electron chi connectivity index (χ0n) is 10.1. The fourth-order valence-corrected chi connectivity index (χ4v) is 4.16. The molecule has 3 N–H and O–H groups in total. The maximum Gasteiger partial charge on any atom is 0.271 e. The van der Waals surface area contributed by atoms with Crippen molar-refractivity contribution in [1.82, 2.24) is 0 Å². The van der Waals surface area contributed by atoms with Crippen molar-refractivity contribution in [2.24, 2.45) is 5.73 Å². The van der Waals surface area contributed by atoms with Crippen LogP contribution in [0, 0.1) is 11.6 Å². The molecule has 21 heavy (non-hydrogen) atoms. The van der Waals surface area contributed by atoms with Gasteiger partial charge in [-0.3, -0.25) is 4.72 Å². The molecule has 0 aliphatic rings. The van der Waals surface area contributed by atoms with E-state index in [1.54, 1.807) is 0 Å². The lowest BCUT2D eigenvalue weighted by atomic mass is 10.3. The Morgan fingerprint density at radius 2 is 2.00 bits per heavy atom. The van der Waals surface area contributed by atoms with Crippen LogP contribution in [-0.4, -0.2) is 13.4 Å². The minimum atomic E-state index is -4.08. The second kappa shape index (κ2) is 5.84. The summed E-state index contributed by atoms with van der Waals surface area (Å²) in [5.41, 5.74) is 4.87. The van der Waals surface area contributed by atoms with Crippen LogP contribution in [-0.2, 0) is 10.0 Å². The number of nitrogens with one attached hydrogen (secondary N) is 1. The summed E-state index contributed by atoms with van der Waals surface area (Å²) in [6, 6.07) is 4.04. The van der Waals surface area contributed by atoms with E-state index in [-0.39, 0.29) is 14.2 Å². The zero-order chi connectivity index (χ0) is 15.8. The van der Waals surface area contributed by atoms with Gasteiger partial charge in [0.1, 0.15) is 20.7 Å². The minimum Gasteiger partial charge on any atom is -0.389 e. The van der Waals surface area contributed by atoms with E-state index in [4.69, 9.17) is 29.6 Å². The number of halogens is 3. The Labute approximate surface area is 133 Å². The van der Waals surface area contributed by atoms with Crippen LogP contribution < -0.4 is 10.5 Å². The highest BCUT2D eigenvalue weighted by Crippen LogP contribution is 2.30. The van der Waals surface area contributed by atoms with Crippen LogP contribution in [0.25, 0.3) is 0 Å². The molecule has 0 radical (unpaired) electrons. The average Bonchev–Trinajstić information content (AvgIpc) is 2.84. The highest BCUT2D eigenvalue weighted by molar-refractivity contribution is 7.94. The van der Waals surface area contributed by atoms with E-state index in [0.29, 0.717) is 10.9 Å². The van der Waals surface area contributed by atoms with Gasteiger partial charge in [-0.15, -0.1) is 11.3 Å². The van der Waals surface area contributed by atoms with Gasteiger partial charge in [-0.25, -0.2) is 17.2 Å². The van der Waals surface area contributed by atoms with Crippen molar-refractivity contribution in [2.75, 3.05) is 4.72 Å². The summed E-state index contributed by atoms with van der Waals surface area (Å²) in [7, 11) is -4.08. The second-order valence-corrected chi connectivity index (χ2v) is 7.67. The van der Waals surface area contributed by atoms with Crippen molar-refractivity contribution in [3.05, 3.63) is 45.8 Å². The summed E-state index contributed by atoms with van der Waals surface area (Å²) in [5.74, 6) is -2.03. The third-order valence-corrected chi connectivity index (χ3v) is 5.94. The third-order valence-electron chi connectivity index (χ3n) is 2.33. The smallest absolute Gasteiger partial charge is 0.271 e. The molecule has 1 aromatic carbocycles. The van der Waals surface area contributed by atoms with Crippen molar-refractivity contribution in [3.63, 3.8) is 0 Å². The molecular weight excluding hydrogens is 362 g/mol. The molecule has 10 heteroatoms. The predicted octanol–water partition coefficient (Wildman–Crippen LogP) is 3.11. The molecule has 112 valence electrons. The van der Waals surface area contributed by atoms with Gasteiger partial charge in [-0.05, 0) is 18.2 Å². The summed E-state index contributed by atoms with van der Waals surface area (Å²) in [4.78, 5) is 0.448. The normalized spacial score (nSPS) is 11.4. The standard InChI is InChI=1S/C11H7ClF2N2O2S3/c12-6-3-5(13)4-7(14)10(6)16-21(17,18)9-2-1-8(20-9)11(15)19/h1-4,16H,(H2,15,19). The molecule has 0 amide bonds. The van der Waals surface area contributed by atoms with E-state index in [0.717, 1.165) is 17.4 Å². The van der Waals surface area contributed by atoms with Crippen LogP contribution in [0.1, 0.15) is 4.88 Å². The lowest BCUT2D eigenvalue weighted by Crippen LogP contribution is -2.13. The van der Waals surface area contributed by atoms with E-state index >= 15 is 0 Å². The molecule has 4 nitrogen and oxygen atoms in total. The van der Waals surface area contributed by atoms with E-state index in [9.17, 15) is 17.2 Å². The van der Waals surface area contributed by atoms with Gasteiger partial charge in [0.25, 0.3) is 10.0 Å². The molecule has 0 saturated carbocycles. The maximum atomic E-state index is 13.6. The third kappa shape index (κ3) is 3.49. The number of benzene rings is 1. The first-order chi connectivity index (χ1) is 9.70. The van der Waals surface area contributed by atoms with E-state index in [1.165, 1.54) is 12.1 Å². The second-order valence-electron chi connectivity index (χ2n) is 3.83. The Morgan fingerprint density at radius 1 is 1.33 bits per heavy atom. The van der Waals surface area contributed by atoms with Crippen molar-refractivity contribution < 1.29 is 17.2 Å². The van der Waals surface area contributed by atoms with Gasteiger partial charge >= 0.3 is 0 Å². The Bertz CT molecular complexity index is 798. The predicted molar refractivity (Wildman–Crippen MR) is 82.4 cm³/mol. The highest BCUT2D eigenvalue weighted by atomic mass is 35.5. The molecule has 0 spiro atoms. The quantitative estimate of drug-likeness (QED) is 0.813. The zero-order valence-corrected chi connectivity index (χ0v) is 13.3. The Morgan fingerprint density at radius 3 is 2.52 bits per heavy atom. The molecule has 0 aliphatic heterocycles. The molecule has 0 aliphatic carbocycles. The fraction of sp³-hybridized carbons (Fsp3) is 0. The molecule has 0 fully saturated rings. The van der Waals surface area contributed by atoms with Crippen LogP contribution in [0.3, 0.4) is 0 Å². The number of rotatable bonds is 4. The molecule has 0 unspecified atom stereocenters. The van der Waals surface area contributed by atoms with Crippen molar-refractivity contribution in [3.8, 4) is 0 Å². The molecule has 1 heterocycles. The lowest BCUT2D eigenvalue weighted by Gasteiger charge is -2.09. The van der Waals surface area contributed by atoms with E-state index in [2.05, 4.69) is 0 Å². The van der Waals surface area contributed by atoms with Crippen molar-refractivity contribution >= 4 is 55.9 Å². The topological polar surface area (TPSA) is 72.2 Å². The van der Waals surface area contributed by atoms with Gasteiger partial charge < -0.3 is 5.73 Å². The number of thiocarbonyl (C=S) groups is 1. The fourth-order valence-electron chi connectivity index (χ4n) is 1.42. The molecule has 2 aromatic rings. The molecular formula is C11H7ClF2N2O2S3. The monoisotopic (exact) mass is 368 g/mol. The molecule has 1 aromatic heterocycles. The Balaban J connectivity index is 2.40. The summed E-state index contributed by atoms with van der Waals surface area (Å²) in [6.45, 7) is 0. The number of nitrogens with two attached hydrogens (primary N) is 1. The van der Waals surface area contributed by atoms with E-state index < -0.39 is 27.3 Å². The van der Waals surface area contributed by atoms with Gasteiger partial charge in [-0.2, -0.15) is 0 Å². The Kier molecular flexibility index (Phi) is 4.47. The first-order valence-corrected chi connectivity index (χ1v) is 8.36. The largest absolute Gasteiger partial charge is 0.389 e. The number of thiophene rings is 1. The van der Waals surface area contributed by atoms with Crippen molar-refractivity contribution in [2.45, 2.75) is 4.21 Å². The maximum absolute atomic E-state index is 13.6. The summed E-state index contributed by atoms with van der Waals surface area (Å²) < 4.78 is 52.6.